The lowest BCUT2D eigenvalue weighted by Crippen LogP contribution is -2.30. The summed E-state index contributed by atoms with van der Waals surface area (Å²) in [6, 6.07) is 0. The molecule has 0 aliphatic rings. The summed E-state index contributed by atoms with van der Waals surface area (Å²) in [5.41, 5.74) is 0. The number of carbonyl (C=O) groups is 3. The number of hydrogen-bond donors (Lipinski definition) is 0. The van der Waals surface area contributed by atoms with Crippen molar-refractivity contribution in [2.45, 2.75) is 367 Å². The van der Waals surface area contributed by atoms with Crippen molar-refractivity contribution in [3.63, 3.8) is 0 Å². The summed E-state index contributed by atoms with van der Waals surface area (Å²) >= 11 is 0. The number of hydrogen-bond acceptors (Lipinski definition) is 6. The summed E-state index contributed by atoms with van der Waals surface area (Å²) in [5.74, 6) is -0.841. The van der Waals surface area contributed by atoms with Crippen molar-refractivity contribution < 1.29 is 28.6 Å². The maximum atomic E-state index is 12.8. The Balaban J connectivity index is 3.94. The van der Waals surface area contributed by atoms with Crippen LogP contribution in [0.4, 0.5) is 0 Å². The van der Waals surface area contributed by atoms with E-state index in [1.54, 1.807) is 0 Å². The third-order valence-corrected chi connectivity index (χ3v) is 14.4. The number of ether oxygens (including phenoxy) is 3. The predicted octanol–water partition coefficient (Wildman–Crippen LogP) is 20.7. The molecular formula is C62H120O6. The first kappa shape index (κ1) is 66.4. The molecule has 0 bridgehead atoms. The molecule has 0 radical (unpaired) electrons. The van der Waals surface area contributed by atoms with Crippen LogP contribution in [0.2, 0.25) is 0 Å². The zero-order valence-corrected chi connectivity index (χ0v) is 46.4. The zero-order chi connectivity index (χ0) is 49.3. The summed E-state index contributed by atoms with van der Waals surface area (Å²) < 4.78 is 16.8. The van der Waals surface area contributed by atoms with Gasteiger partial charge in [-0.05, 0) is 19.3 Å². The van der Waals surface area contributed by atoms with Crippen molar-refractivity contribution in [3.05, 3.63) is 0 Å². The minimum absolute atomic E-state index is 0.0619. The van der Waals surface area contributed by atoms with E-state index < -0.39 is 6.10 Å². The van der Waals surface area contributed by atoms with E-state index in [0.717, 1.165) is 57.8 Å². The fourth-order valence-electron chi connectivity index (χ4n) is 9.68. The van der Waals surface area contributed by atoms with Crippen molar-refractivity contribution in [1.82, 2.24) is 0 Å². The molecule has 0 saturated carbocycles. The molecule has 0 aromatic heterocycles. The van der Waals surface area contributed by atoms with E-state index >= 15 is 0 Å². The summed E-state index contributed by atoms with van der Waals surface area (Å²) in [4.78, 5) is 37.9. The molecule has 0 heterocycles. The molecule has 0 rings (SSSR count). The minimum Gasteiger partial charge on any atom is -0.462 e. The Hall–Kier alpha value is -1.59. The molecule has 68 heavy (non-hydrogen) atoms. The van der Waals surface area contributed by atoms with Gasteiger partial charge in [-0.15, -0.1) is 0 Å². The lowest BCUT2D eigenvalue weighted by atomic mass is 10.0. The van der Waals surface area contributed by atoms with Gasteiger partial charge in [0.1, 0.15) is 13.2 Å². The van der Waals surface area contributed by atoms with Crippen LogP contribution in [0.15, 0.2) is 0 Å². The van der Waals surface area contributed by atoms with Gasteiger partial charge in [0.2, 0.25) is 0 Å². The first-order valence-electron chi connectivity index (χ1n) is 31.0. The standard InChI is InChI=1S/C62H120O6/c1-4-7-10-13-16-19-21-23-24-25-26-27-28-29-30-31-32-33-34-35-36-37-38-39-40-42-43-46-49-52-55-61(64)67-58-59(57-66-60(63)54-51-48-45-18-15-12-9-6-3)68-62(65)56-53-50-47-44-41-22-20-17-14-11-8-5-2/h59H,4-58H2,1-3H3. The zero-order valence-electron chi connectivity index (χ0n) is 46.4. The highest BCUT2D eigenvalue weighted by Crippen LogP contribution is 2.18. The second-order valence-electron chi connectivity index (χ2n) is 21.3. The fourth-order valence-corrected chi connectivity index (χ4v) is 9.68. The summed E-state index contributed by atoms with van der Waals surface area (Å²) in [5, 5.41) is 0. The van der Waals surface area contributed by atoms with Crippen LogP contribution in [0, 0.1) is 0 Å². The predicted molar refractivity (Wildman–Crippen MR) is 294 cm³/mol. The maximum Gasteiger partial charge on any atom is 0.306 e. The maximum absolute atomic E-state index is 12.8. The number of esters is 3. The van der Waals surface area contributed by atoms with E-state index in [1.165, 1.54) is 263 Å². The number of rotatable bonds is 58. The molecule has 0 aromatic rings. The van der Waals surface area contributed by atoms with E-state index in [-0.39, 0.29) is 31.1 Å². The smallest absolute Gasteiger partial charge is 0.306 e. The second kappa shape index (κ2) is 58.0. The van der Waals surface area contributed by atoms with Gasteiger partial charge >= 0.3 is 17.9 Å². The van der Waals surface area contributed by atoms with E-state index in [9.17, 15) is 14.4 Å². The van der Waals surface area contributed by atoms with E-state index in [0.29, 0.717) is 19.3 Å². The highest BCUT2D eigenvalue weighted by atomic mass is 16.6. The summed E-state index contributed by atoms with van der Waals surface area (Å²) in [6.07, 6.45) is 65.8. The molecule has 0 fully saturated rings. The van der Waals surface area contributed by atoms with Gasteiger partial charge in [-0.3, -0.25) is 14.4 Å². The van der Waals surface area contributed by atoms with Crippen molar-refractivity contribution >= 4 is 17.9 Å². The van der Waals surface area contributed by atoms with E-state index in [1.807, 2.05) is 0 Å². The van der Waals surface area contributed by atoms with Gasteiger partial charge in [0.25, 0.3) is 0 Å². The molecule has 0 aliphatic carbocycles. The Labute approximate surface area is 425 Å². The van der Waals surface area contributed by atoms with Crippen LogP contribution in [0.1, 0.15) is 361 Å². The van der Waals surface area contributed by atoms with Crippen LogP contribution in [0.5, 0.6) is 0 Å². The first-order valence-corrected chi connectivity index (χ1v) is 31.0. The molecule has 0 N–H and O–H groups in total. The van der Waals surface area contributed by atoms with Gasteiger partial charge in [0.05, 0.1) is 0 Å². The van der Waals surface area contributed by atoms with Gasteiger partial charge in [-0.2, -0.15) is 0 Å². The molecule has 0 aromatic carbocycles. The van der Waals surface area contributed by atoms with Gasteiger partial charge in [-0.25, -0.2) is 0 Å². The topological polar surface area (TPSA) is 78.9 Å². The Bertz CT molecular complexity index is 1010. The van der Waals surface area contributed by atoms with Crippen LogP contribution in [0.3, 0.4) is 0 Å². The largest absolute Gasteiger partial charge is 0.462 e. The molecular weight excluding hydrogens is 841 g/mol. The molecule has 6 nitrogen and oxygen atoms in total. The van der Waals surface area contributed by atoms with Crippen LogP contribution in [-0.4, -0.2) is 37.2 Å². The lowest BCUT2D eigenvalue weighted by molar-refractivity contribution is -0.167. The van der Waals surface area contributed by atoms with Crippen LogP contribution in [-0.2, 0) is 28.6 Å². The highest BCUT2D eigenvalue weighted by Gasteiger charge is 2.19. The van der Waals surface area contributed by atoms with Gasteiger partial charge in [0.15, 0.2) is 6.10 Å². The Morgan fingerprint density at radius 3 is 0.588 bits per heavy atom. The van der Waals surface area contributed by atoms with E-state index in [2.05, 4.69) is 20.8 Å². The van der Waals surface area contributed by atoms with Gasteiger partial charge in [-0.1, -0.05) is 323 Å². The summed E-state index contributed by atoms with van der Waals surface area (Å²) in [7, 11) is 0. The highest BCUT2D eigenvalue weighted by molar-refractivity contribution is 5.71. The third kappa shape index (κ3) is 55.3. The number of unbranched alkanes of at least 4 members (excludes halogenated alkanes) is 47. The van der Waals surface area contributed by atoms with Crippen molar-refractivity contribution in [2.75, 3.05) is 13.2 Å². The van der Waals surface area contributed by atoms with Crippen molar-refractivity contribution in [1.29, 1.82) is 0 Å². The molecule has 0 amide bonds. The quantitative estimate of drug-likeness (QED) is 0.0343. The minimum atomic E-state index is -0.760. The SMILES string of the molecule is CCCCCCCCCCCCCCCCCCCCCCCCCCCCCCCCC(=O)OCC(COC(=O)CCCCCCCCCC)OC(=O)CCCCCCCCCCCCCC. The van der Waals surface area contributed by atoms with Crippen LogP contribution < -0.4 is 0 Å². The van der Waals surface area contributed by atoms with Gasteiger partial charge in [0, 0.05) is 19.3 Å². The second-order valence-corrected chi connectivity index (χ2v) is 21.3. The van der Waals surface area contributed by atoms with Crippen molar-refractivity contribution in [2.24, 2.45) is 0 Å². The molecule has 1 atom stereocenters. The molecule has 6 heteroatoms. The average Bonchev–Trinajstić information content (AvgIpc) is 3.34. The average molecular weight is 962 g/mol. The molecule has 0 saturated heterocycles. The van der Waals surface area contributed by atoms with Crippen molar-refractivity contribution in [3.8, 4) is 0 Å². The normalized spacial score (nSPS) is 11.9. The molecule has 1 unspecified atom stereocenters. The molecule has 0 spiro atoms. The molecule has 404 valence electrons. The Morgan fingerprint density at radius 2 is 0.397 bits per heavy atom. The van der Waals surface area contributed by atoms with E-state index in [4.69, 9.17) is 14.2 Å². The molecule has 0 aliphatic heterocycles. The van der Waals surface area contributed by atoms with Gasteiger partial charge < -0.3 is 14.2 Å². The monoisotopic (exact) mass is 961 g/mol. The lowest BCUT2D eigenvalue weighted by Gasteiger charge is -2.18. The third-order valence-electron chi connectivity index (χ3n) is 14.4. The number of carbonyl (C=O) groups excluding carboxylic acids is 3. The van der Waals surface area contributed by atoms with Crippen LogP contribution >= 0.6 is 0 Å². The van der Waals surface area contributed by atoms with Crippen LogP contribution in [0.25, 0.3) is 0 Å². The Morgan fingerprint density at radius 1 is 0.235 bits per heavy atom. The summed E-state index contributed by atoms with van der Waals surface area (Å²) in [6.45, 7) is 6.67. The first-order chi connectivity index (χ1) is 33.5. The Kier molecular flexibility index (Phi) is 56.6. The fraction of sp³-hybridized carbons (Fsp3) is 0.952.